The van der Waals surface area contributed by atoms with E-state index in [0.717, 1.165) is 6.07 Å². The van der Waals surface area contributed by atoms with E-state index in [1.165, 1.54) is 12.1 Å². The lowest BCUT2D eigenvalue weighted by atomic mass is 10.2. The summed E-state index contributed by atoms with van der Waals surface area (Å²) >= 11 is 0. The van der Waals surface area contributed by atoms with Crippen molar-refractivity contribution in [3.05, 3.63) is 53.6 Å². The van der Waals surface area contributed by atoms with Gasteiger partial charge < -0.3 is 10.1 Å². The second kappa shape index (κ2) is 6.95. The molecule has 10 heteroatoms. The Morgan fingerprint density at radius 3 is 2.48 bits per heavy atom. The zero-order valence-corrected chi connectivity index (χ0v) is 14.8. The minimum atomic E-state index is -4.35. The minimum Gasteiger partial charge on any atom is -0.478 e. The molecule has 0 unspecified atom stereocenters. The van der Waals surface area contributed by atoms with Crippen LogP contribution >= 0.6 is 0 Å². The number of rotatable bonds is 4. The van der Waals surface area contributed by atoms with Gasteiger partial charge in [0, 0.05) is 11.6 Å². The van der Waals surface area contributed by atoms with Crippen LogP contribution in [0, 0.1) is 11.6 Å². The molecule has 142 valence electrons. The maximum absolute atomic E-state index is 13.2. The maximum atomic E-state index is 13.2. The number of amides is 2. The van der Waals surface area contributed by atoms with Gasteiger partial charge in [-0.2, -0.15) is 0 Å². The van der Waals surface area contributed by atoms with Crippen molar-refractivity contribution in [3.63, 3.8) is 0 Å². The van der Waals surface area contributed by atoms with Crippen molar-refractivity contribution in [2.75, 3.05) is 5.32 Å². The molecule has 2 aromatic rings. The van der Waals surface area contributed by atoms with E-state index < -0.39 is 45.1 Å². The van der Waals surface area contributed by atoms with Crippen LogP contribution in [-0.4, -0.2) is 26.3 Å². The van der Waals surface area contributed by atoms with Crippen LogP contribution in [0.25, 0.3) is 0 Å². The second-order valence-corrected chi connectivity index (χ2v) is 7.44. The molecule has 0 spiro atoms. The molecule has 0 bridgehead atoms. The predicted octanol–water partition coefficient (Wildman–Crippen LogP) is 2.19. The molecule has 0 aliphatic carbocycles. The van der Waals surface area contributed by atoms with Crippen LogP contribution in [0.4, 0.5) is 14.5 Å². The molecule has 27 heavy (non-hydrogen) atoms. The first kappa shape index (κ1) is 18.8. The Morgan fingerprint density at radius 1 is 1.19 bits per heavy atom. The van der Waals surface area contributed by atoms with E-state index in [0.29, 0.717) is 30.4 Å². The SMILES string of the molecule is CC[C@H]1Oc2ccc(S(=O)(=O)NC(=O)c3cc(F)cc(F)c3)cc2NC1=O. The van der Waals surface area contributed by atoms with Gasteiger partial charge in [0.15, 0.2) is 6.10 Å². The Balaban J connectivity index is 1.86. The summed E-state index contributed by atoms with van der Waals surface area (Å²) in [6.07, 6.45) is -0.242. The van der Waals surface area contributed by atoms with Gasteiger partial charge >= 0.3 is 0 Å². The summed E-state index contributed by atoms with van der Waals surface area (Å²) in [4.78, 5) is 23.6. The van der Waals surface area contributed by atoms with Crippen molar-refractivity contribution in [2.24, 2.45) is 0 Å². The fourth-order valence-corrected chi connectivity index (χ4v) is 3.49. The van der Waals surface area contributed by atoms with Gasteiger partial charge in [0.2, 0.25) is 0 Å². The Bertz CT molecular complexity index is 1020. The van der Waals surface area contributed by atoms with Crippen LogP contribution in [0.5, 0.6) is 5.75 Å². The van der Waals surface area contributed by atoms with Crippen molar-refractivity contribution in [2.45, 2.75) is 24.3 Å². The van der Waals surface area contributed by atoms with Gasteiger partial charge in [0.25, 0.3) is 21.8 Å². The summed E-state index contributed by atoms with van der Waals surface area (Å²) in [6.45, 7) is 1.76. The zero-order valence-electron chi connectivity index (χ0n) is 14.0. The number of ether oxygens (including phenoxy) is 1. The molecule has 7 nitrogen and oxygen atoms in total. The Kier molecular flexibility index (Phi) is 4.83. The summed E-state index contributed by atoms with van der Waals surface area (Å²) in [7, 11) is -4.35. The third kappa shape index (κ3) is 3.90. The van der Waals surface area contributed by atoms with Crippen molar-refractivity contribution < 1.29 is 31.5 Å². The summed E-state index contributed by atoms with van der Waals surface area (Å²) in [5.74, 6) is -3.36. The van der Waals surface area contributed by atoms with E-state index in [4.69, 9.17) is 4.74 Å². The molecule has 0 saturated carbocycles. The summed E-state index contributed by atoms with van der Waals surface area (Å²) in [5.41, 5.74) is -0.353. The lowest BCUT2D eigenvalue weighted by Crippen LogP contribution is -2.36. The Hall–Kier alpha value is -3.01. The van der Waals surface area contributed by atoms with Crippen molar-refractivity contribution in [1.29, 1.82) is 0 Å². The Labute approximate surface area is 153 Å². The van der Waals surface area contributed by atoms with E-state index in [1.54, 1.807) is 11.6 Å². The van der Waals surface area contributed by atoms with E-state index in [9.17, 15) is 26.8 Å². The second-order valence-electron chi connectivity index (χ2n) is 5.75. The molecule has 1 aliphatic heterocycles. The number of carbonyl (C=O) groups excluding carboxylic acids is 2. The van der Waals surface area contributed by atoms with Gasteiger partial charge in [0.1, 0.15) is 17.4 Å². The molecule has 0 fully saturated rings. The quantitative estimate of drug-likeness (QED) is 0.825. The maximum Gasteiger partial charge on any atom is 0.265 e. The van der Waals surface area contributed by atoms with Crippen LogP contribution in [0.2, 0.25) is 0 Å². The molecule has 2 amide bonds. The third-order valence-electron chi connectivity index (χ3n) is 3.80. The molecular weight excluding hydrogens is 382 g/mol. The van der Waals surface area contributed by atoms with Gasteiger partial charge in [-0.15, -0.1) is 0 Å². The highest BCUT2D eigenvalue weighted by Crippen LogP contribution is 2.32. The number of hydrogen-bond donors (Lipinski definition) is 2. The standard InChI is InChI=1S/C17H14F2N2O5S/c1-2-14-17(23)20-13-8-12(3-4-15(13)26-14)27(24,25)21-16(22)9-5-10(18)7-11(19)6-9/h3-8,14H,2H2,1H3,(H,20,23)(H,21,22)/t14-/m1/s1. The number of nitrogens with one attached hydrogen (secondary N) is 2. The Morgan fingerprint density at radius 2 is 1.85 bits per heavy atom. The minimum absolute atomic E-state index is 0.136. The molecule has 0 radical (unpaired) electrons. The van der Waals surface area contributed by atoms with E-state index in [1.807, 2.05) is 0 Å². The van der Waals surface area contributed by atoms with Crippen LogP contribution in [0.15, 0.2) is 41.3 Å². The molecule has 2 aromatic carbocycles. The molecular formula is C17H14F2N2O5S. The predicted molar refractivity (Wildman–Crippen MR) is 90.8 cm³/mol. The van der Waals surface area contributed by atoms with Gasteiger partial charge in [-0.25, -0.2) is 21.9 Å². The van der Waals surface area contributed by atoms with E-state index in [2.05, 4.69) is 5.32 Å². The highest BCUT2D eigenvalue weighted by Gasteiger charge is 2.28. The van der Waals surface area contributed by atoms with Crippen molar-refractivity contribution in [3.8, 4) is 5.75 Å². The largest absolute Gasteiger partial charge is 0.478 e. The fraction of sp³-hybridized carbons (Fsp3) is 0.176. The van der Waals surface area contributed by atoms with Gasteiger partial charge in [0.05, 0.1) is 10.6 Å². The first-order chi connectivity index (χ1) is 12.7. The number of halogens is 2. The number of sulfonamides is 1. The molecule has 0 aromatic heterocycles. The molecule has 0 saturated heterocycles. The monoisotopic (exact) mass is 396 g/mol. The van der Waals surface area contributed by atoms with E-state index in [-0.39, 0.29) is 10.6 Å². The van der Waals surface area contributed by atoms with Crippen LogP contribution in [0.3, 0.4) is 0 Å². The number of hydrogen-bond acceptors (Lipinski definition) is 5. The normalized spacial score (nSPS) is 16.1. The molecule has 3 rings (SSSR count). The van der Waals surface area contributed by atoms with Crippen molar-refractivity contribution >= 4 is 27.5 Å². The van der Waals surface area contributed by atoms with Crippen LogP contribution < -0.4 is 14.8 Å². The molecule has 1 aliphatic rings. The lowest BCUT2D eigenvalue weighted by Gasteiger charge is -2.25. The smallest absolute Gasteiger partial charge is 0.265 e. The molecule has 2 N–H and O–H groups in total. The molecule has 1 heterocycles. The van der Waals surface area contributed by atoms with Crippen LogP contribution in [-0.2, 0) is 14.8 Å². The lowest BCUT2D eigenvalue weighted by molar-refractivity contribution is -0.123. The zero-order chi connectivity index (χ0) is 19.8. The fourth-order valence-electron chi connectivity index (χ4n) is 2.49. The summed E-state index contributed by atoms with van der Waals surface area (Å²) < 4.78 is 58.4. The van der Waals surface area contributed by atoms with Crippen molar-refractivity contribution in [1.82, 2.24) is 4.72 Å². The number of anilines is 1. The van der Waals surface area contributed by atoms with Crippen LogP contribution in [0.1, 0.15) is 23.7 Å². The van der Waals surface area contributed by atoms with Gasteiger partial charge in [-0.1, -0.05) is 6.92 Å². The molecule has 1 atom stereocenters. The summed E-state index contributed by atoms with van der Waals surface area (Å²) in [6, 6.07) is 5.63. The topological polar surface area (TPSA) is 102 Å². The highest BCUT2D eigenvalue weighted by molar-refractivity contribution is 7.90. The highest BCUT2D eigenvalue weighted by atomic mass is 32.2. The average molecular weight is 396 g/mol. The third-order valence-corrected chi connectivity index (χ3v) is 5.13. The van der Waals surface area contributed by atoms with Gasteiger partial charge in [-0.3, -0.25) is 9.59 Å². The van der Waals surface area contributed by atoms with E-state index >= 15 is 0 Å². The number of fused-ring (bicyclic) bond motifs is 1. The number of carbonyl (C=O) groups is 2. The first-order valence-electron chi connectivity index (χ1n) is 7.84. The number of benzene rings is 2. The summed E-state index contributed by atoms with van der Waals surface area (Å²) in [5, 5.41) is 2.53. The first-order valence-corrected chi connectivity index (χ1v) is 9.32. The average Bonchev–Trinajstić information content (AvgIpc) is 2.59. The van der Waals surface area contributed by atoms with Gasteiger partial charge in [-0.05, 0) is 36.8 Å².